The summed E-state index contributed by atoms with van der Waals surface area (Å²) in [6.07, 6.45) is 7.42. The van der Waals surface area contributed by atoms with Crippen LogP contribution in [0.3, 0.4) is 0 Å². The number of hydrogen-bond acceptors (Lipinski definition) is 7. The molecule has 4 aromatic rings. The van der Waals surface area contributed by atoms with E-state index in [1.807, 2.05) is 31.0 Å². The Morgan fingerprint density at radius 2 is 2.30 bits per heavy atom. The molecule has 0 unspecified atom stereocenters. The molecule has 2 atom stereocenters. The fourth-order valence-corrected chi connectivity index (χ4v) is 5.90. The maximum atomic E-state index is 13.1. The molecule has 10 heteroatoms. The highest BCUT2D eigenvalue weighted by Gasteiger charge is 2.32. The van der Waals surface area contributed by atoms with E-state index in [-0.39, 0.29) is 17.9 Å². The van der Waals surface area contributed by atoms with Crippen LogP contribution < -0.4 is 5.32 Å². The van der Waals surface area contributed by atoms with Crippen LogP contribution in [0, 0.1) is 5.92 Å². The van der Waals surface area contributed by atoms with Gasteiger partial charge in [0.05, 0.1) is 34.3 Å². The van der Waals surface area contributed by atoms with Gasteiger partial charge >= 0.3 is 0 Å². The minimum Gasteiger partial charge on any atom is -0.383 e. The summed E-state index contributed by atoms with van der Waals surface area (Å²) < 4.78 is 6.95. The van der Waals surface area contributed by atoms with Crippen LogP contribution in [0.1, 0.15) is 23.8 Å². The van der Waals surface area contributed by atoms with E-state index in [9.17, 15) is 4.79 Å². The molecule has 8 nitrogen and oxygen atoms in total. The molecular weight excluding hydrogens is 460 g/mol. The van der Waals surface area contributed by atoms with Gasteiger partial charge in [0.2, 0.25) is 5.91 Å². The van der Waals surface area contributed by atoms with Gasteiger partial charge in [-0.05, 0) is 43.9 Å². The highest BCUT2D eigenvalue weighted by molar-refractivity contribution is 7.19. The number of nitrogens with one attached hydrogen (secondary N) is 1. The van der Waals surface area contributed by atoms with Crippen LogP contribution in [0.4, 0.5) is 11.5 Å². The van der Waals surface area contributed by atoms with Crippen molar-refractivity contribution in [3.63, 3.8) is 0 Å². The fourth-order valence-electron chi connectivity index (χ4n) is 4.44. The van der Waals surface area contributed by atoms with E-state index in [2.05, 4.69) is 20.4 Å². The lowest BCUT2D eigenvalue weighted by Gasteiger charge is -2.30. The number of nitrogens with zero attached hydrogens (tertiary/aromatic N) is 5. The van der Waals surface area contributed by atoms with Crippen molar-refractivity contribution in [3.05, 3.63) is 46.3 Å². The maximum absolute atomic E-state index is 13.1. The van der Waals surface area contributed by atoms with Gasteiger partial charge in [-0.1, -0.05) is 11.6 Å². The number of aromatic nitrogens is 4. The predicted octanol–water partition coefficient (Wildman–Crippen LogP) is 4.33. The second-order valence-electron chi connectivity index (χ2n) is 8.46. The average molecular weight is 485 g/mol. The lowest BCUT2D eigenvalue weighted by molar-refractivity contribution is -0.137. The molecule has 4 heterocycles. The first-order valence-corrected chi connectivity index (χ1v) is 12.1. The van der Waals surface area contributed by atoms with Gasteiger partial charge in [0.25, 0.3) is 0 Å². The number of pyridine rings is 1. The van der Waals surface area contributed by atoms with Crippen LogP contribution in [0.2, 0.25) is 5.02 Å². The highest BCUT2D eigenvalue weighted by Crippen LogP contribution is 2.41. The molecule has 1 aliphatic carbocycles. The largest absolute Gasteiger partial charge is 0.383 e. The molecule has 5 rings (SSSR count). The van der Waals surface area contributed by atoms with Crippen molar-refractivity contribution in [3.8, 4) is 0 Å². The van der Waals surface area contributed by atoms with E-state index in [0.29, 0.717) is 11.6 Å². The Kier molecular flexibility index (Phi) is 5.94. The molecule has 0 radical (unpaired) electrons. The Hall–Kier alpha value is -2.75. The quantitative estimate of drug-likeness (QED) is 0.438. The van der Waals surface area contributed by atoms with Crippen LogP contribution in [-0.4, -0.2) is 57.2 Å². The van der Waals surface area contributed by atoms with E-state index in [4.69, 9.17) is 16.3 Å². The molecule has 0 fully saturated rings. The summed E-state index contributed by atoms with van der Waals surface area (Å²) in [7, 11) is 3.52. The summed E-state index contributed by atoms with van der Waals surface area (Å²) in [6.45, 7) is 2.54. The molecule has 0 aliphatic heterocycles. The van der Waals surface area contributed by atoms with E-state index in [1.165, 1.54) is 10.4 Å². The normalized spacial score (nSPS) is 16.7. The van der Waals surface area contributed by atoms with Gasteiger partial charge in [-0.25, -0.2) is 14.5 Å². The molecule has 0 aromatic carbocycles. The van der Waals surface area contributed by atoms with Crippen molar-refractivity contribution in [2.45, 2.75) is 32.2 Å². The van der Waals surface area contributed by atoms with E-state index >= 15 is 0 Å². The van der Waals surface area contributed by atoms with Crippen molar-refractivity contribution >= 4 is 56.1 Å². The minimum absolute atomic E-state index is 0.0297. The number of fused-ring (bicyclic) bond motifs is 4. The minimum atomic E-state index is -0.0297. The molecule has 0 saturated carbocycles. The Balaban J connectivity index is 1.44. The Labute approximate surface area is 200 Å². The predicted molar refractivity (Wildman–Crippen MR) is 131 cm³/mol. The van der Waals surface area contributed by atoms with Gasteiger partial charge in [-0.3, -0.25) is 4.79 Å². The Morgan fingerprint density at radius 3 is 3.12 bits per heavy atom. The maximum Gasteiger partial charge on any atom is 0.226 e. The number of carbonyl (C=O) groups is 1. The lowest BCUT2D eigenvalue weighted by Crippen LogP contribution is -2.42. The highest BCUT2D eigenvalue weighted by atomic mass is 35.5. The number of amides is 1. The first-order chi connectivity index (χ1) is 16.0. The third-order valence-corrected chi connectivity index (χ3v) is 7.81. The standard InChI is InChI=1S/C23H25ClN6O2S/c1-13(11-32-3)29(2)23(31)14-4-5-16-19(8-14)33-22-20(16)21(25-12-26-22)28-18-9-15-6-7-27-30(15)10-17(18)24/h6-7,9-10,12-14H,4-5,8,11H2,1-3H3,(H,25,26,28)/t13-,14+/m1/s1. The Morgan fingerprint density at radius 1 is 1.45 bits per heavy atom. The van der Waals surface area contributed by atoms with E-state index in [0.717, 1.165) is 46.5 Å². The zero-order valence-electron chi connectivity index (χ0n) is 18.7. The summed E-state index contributed by atoms with van der Waals surface area (Å²) in [5.74, 6) is 0.879. The number of thiophene rings is 1. The van der Waals surface area contributed by atoms with Crippen molar-refractivity contribution in [2.75, 3.05) is 26.1 Å². The number of aryl methyl sites for hydroxylation is 1. The second-order valence-corrected chi connectivity index (χ2v) is 9.95. The van der Waals surface area contributed by atoms with Gasteiger partial charge in [-0.15, -0.1) is 11.3 Å². The first kappa shape index (κ1) is 22.1. The first-order valence-electron chi connectivity index (χ1n) is 10.9. The molecule has 0 bridgehead atoms. The zero-order valence-corrected chi connectivity index (χ0v) is 20.3. The number of methoxy groups -OCH3 is 1. The van der Waals surface area contributed by atoms with Crippen LogP contribution in [0.5, 0.6) is 0 Å². The summed E-state index contributed by atoms with van der Waals surface area (Å²) in [5, 5.41) is 9.21. The van der Waals surface area contributed by atoms with Gasteiger partial charge in [0.1, 0.15) is 17.0 Å². The third kappa shape index (κ3) is 4.05. The summed E-state index contributed by atoms with van der Waals surface area (Å²) >= 11 is 8.15. The molecule has 33 heavy (non-hydrogen) atoms. The van der Waals surface area contributed by atoms with Crippen molar-refractivity contribution in [1.29, 1.82) is 0 Å². The molecule has 1 amide bonds. The van der Waals surface area contributed by atoms with Gasteiger partial charge < -0.3 is 15.0 Å². The van der Waals surface area contributed by atoms with Gasteiger partial charge in [-0.2, -0.15) is 5.10 Å². The smallest absolute Gasteiger partial charge is 0.226 e. The molecule has 4 aromatic heterocycles. The van der Waals surface area contributed by atoms with Crippen LogP contribution in [0.15, 0.2) is 30.9 Å². The van der Waals surface area contributed by atoms with Gasteiger partial charge in [0, 0.05) is 37.3 Å². The van der Waals surface area contributed by atoms with E-state index in [1.54, 1.807) is 41.7 Å². The van der Waals surface area contributed by atoms with Crippen LogP contribution in [-0.2, 0) is 22.4 Å². The van der Waals surface area contributed by atoms with Gasteiger partial charge in [0.15, 0.2) is 0 Å². The van der Waals surface area contributed by atoms with Crippen LogP contribution in [0.25, 0.3) is 15.7 Å². The molecule has 0 spiro atoms. The topological polar surface area (TPSA) is 84.6 Å². The number of carbonyl (C=O) groups excluding carboxylic acids is 1. The summed E-state index contributed by atoms with van der Waals surface area (Å²) in [5.41, 5.74) is 2.94. The third-order valence-electron chi connectivity index (χ3n) is 6.35. The molecule has 0 saturated heterocycles. The summed E-state index contributed by atoms with van der Waals surface area (Å²) in [6, 6.07) is 3.92. The summed E-state index contributed by atoms with van der Waals surface area (Å²) in [4.78, 5) is 26.1. The van der Waals surface area contributed by atoms with Crippen LogP contribution >= 0.6 is 22.9 Å². The van der Waals surface area contributed by atoms with Crippen molar-refractivity contribution < 1.29 is 9.53 Å². The average Bonchev–Trinajstić information content (AvgIpc) is 3.42. The zero-order chi connectivity index (χ0) is 23.1. The number of hydrogen-bond donors (Lipinski definition) is 1. The van der Waals surface area contributed by atoms with Crippen molar-refractivity contribution in [2.24, 2.45) is 5.92 Å². The SMILES string of the molecule is COC[C@@H](C)N(C)C(=O)[C@H]1CCc2c(sc3ncnc(Nc4cc5ccnn5cc4Cl)c23)C1. The molecular formula is C23H25ClN6O2S. The second kappa shape index (κ2) is 8.89. The molecule has 1 N–H and O–H groups in total. The molecule has 172 valence electrons. The number of likely N-dealkylation sites (N-methyl/N-ethyl adjacent to an activating group) is 1. The monoisotopic (exact) mass is 484 g/mol. The molecule has 1 aliphatic rings. The Bertz CT molecular complexity index is 1340. The van der Waals surface area contributed by atoms with Crippen molar-refractivity contribution in [1.82, 2.24) is 24.5 Å². The number of ether oxygens (including phenoxy) is 1. The number of anilines is 2. The number of halogens is 1. The lowest BCUT2D eigenvalue weighted by atomic mass is 9.86. The number of rotatable bonds is 6. The van der Waals surface area contributed by atoms with E-state index < -0.39 is 0 Å². The fraction of sp³-hybridized carbons (Fsp3) is 0.391.